The highest BCUT2D eigenvalue weighted by Crippen LogP contribution is 2.29. The van der Waals surface area contributed by atoms with Crippen molar-refractivity contribution in [1.82, 2.24) is 9.97 Å². The van der Waals surface area contributed by atoms with Gasteiger partial charge in [-0.3, -0.25) is 4.98 Å². The molecule has 0 aliphatic heterocycles. The van der Waals surface area contributed by atoms with Gasteiger partial charge in [-0.1, -0.05) is 28.1 Å². The summed E-state index contributed by atoms with van der Waals surface area (Å²) < 4.78 is 16.2. The second-order valence-corrected chi connectivity index (χ2v) is 9.43. The molecule has 26 heavy (non-hydrogen) atoms. The number of hydrogen-bond donors (Lipinski definition) is 0. The maximum absolute atomic E-state index is 12.3. The van der Waals surface area contributed by atoms with Crippen molar-refractivity contribution in [1.29, 1.82) is 0 Å². The number of aromatic nitrogens is 2. The zero-order chi connectivity index (χ0) is 18.9. The molecule has 3 rings (SSSR count). The van der Waals surface area contributed by atoms with E-state index in [-0.39, 0.29) is 0 Å². The molecule has 0 saturated carbocycles. The van der Waals surface area contributed by atoms with E-state index in [0.717, 1.165) is 33.3 Å². The van der Waals surface area contributed by atoms with Crippen LogP contribution in [0.5, 0.6) is 0 Å². The van der Waals surface area contributed by atoms with E-state index in [1.165, 1.54) is 0 Å². The smallest absolute Gasteiger partial charge is 0.144 e. The van der Waals surface area contributed by atoms with E-state index in [4.69, 9.17) is 16.6 Å². The standard InChI is InChI=1S/C20H20ClN3OS/c1-13-8-15(11-22-10-13)18-16(12-23-26(25)20(2,3)4)9-14-6-5-7-17(21)19(14)24-18/h5-12H,1-4H3. The molecule has 1 unspecified atom stereocenters. The lowest BCUT2D eigenvalue weighted by Crippen LogP contribution is -2.25. The lowest BCUT2D eigenvalue weighted by atomic mass is 10.0. The summed E-state index contributed by atoms with van der Waals surface area (Å²) in [5.41, 5.74) is 4.13. The van der Waals surface area contributed by atoms with Crippen LogP contribution in [0.3, 0.4) is 0 Å². The van der Waals surface area contributed by atoms with Crippen molar-refractivity contribution >= 4 is 40.1 Å². The van der Waals surface area contributed by atoms with Crippen LogP contribution < -0.4 is 0 Å². The minimum Gasteiger partial charge on any atom is -0.591 e. The number of nitrogens with zero attached hydrogens (tertiary/aromatic N) is 3. The van der Waals surface area contributed by atoms with Crippen molar-refractivity contribution < 1.29 is 4.55 Å². The van der Waals surface area contributed by atoms with Gasteiger partial charge in [-0.2, -0.15) is 0 Å². The topological polar surface area (TPSA) is 61.2 Å². The average molecular weight is 386 g/mol. The Morgan fingerprint density at radius 1 is 1.19 bits per heavy atom. The lowest BCUT2D eigenvalue weighted by molar-refractivity contribution is 0.562. The Bertz CT molecular complexity index is 982. The third kappa shape index (κ3) is 4.06. The zero-order valence-electron chi connectivity index (χ0n) is 15.2. The highest BCUT2D eigenvalue weighted by atomic mass is 35.5. The van der Waals surface area contributed by atoms with Gasteiger partial charge in [0.05, 0.1) is 22.4 Å². The van der Waals surface area contributed by atoms with Gasteiger partial charge in [-0.25, -0.2) is 4.98 Å². The second kappa shape index (κ2) is 7.35. The van der Waals surface area contributed by atoms with Crippen molar-refractivity contribution in [3.8, 4) is 11.3 Å². The predicted molar refractivity (Wildman–Crippen MR) is 110 cm³/mol. The molecule has 134 valence electrons. The van der Waals surface area contributed by atoms with Crippen molar-refractivity contribution in [2.45, 2.75) is 32.4 Å². The SMILES string of the molecule is Cc1cncc(-c2nc3c(Cl)cccc3cc2C=N[S+]([O-])C(C)(C)C)c1. The van der Waals surface area contributed by atoms with Gasteiger partial charge in [0.1, 0.15) is 16.1 Å². The summed E-state index contributed by atoms with van der Waals surface area (Å²) in [6.07, 6.45) is 5.18. The van der Waals surface area contributed by atoms with Crippen molar-refractivity contribution in [2.75, 3.05) is 0 Å². The number of hydrogen-bond acceptors (Lipinski definition) is 4. The summed E-state index contributed by atoms with van der Waals surface area (Å²) in [6.45, 7) is 7.66. The number of rotatable bonds is 3. The van der Waals surface area contributed by atoms with Crippen molar-refractivity contribution in [3.05, 3.63) is 58.9 Å². The first-order chi connectivity index (χ1) is 12.3. The minimum absolute atomic E-state index is 0.421. The van der Waals surface area contributed by atoms with E-state index in [0.29, 0.717) is 5.02 Å². The van der Waals surface area contributed by atoms with Crippen molar-refractivity contribution in [2.24, 2.45) is 4.40 Å². The molecule has 0 amide bonds. The lowest BCUT2D eigenvalue weighted by Gasteiger charge is -2.18. The van der Waals surface area contributed by atoms with E-state index < -0.39 is 16.1 Å². The van der Waals surface area contributed by atoms with Gasteiger partial charge >= 0.3 is 0 Å². The van der Waals surface area contributed by atoms with Crippen LogP contribution in [0.2, 0.25) is 5.02 Å². The van der Waals surface area contributed by atoms with Crippen LogP contribution in [-0.2, 0) is 11.4 Å². The van der Waals surface area contributed by atoms with Gasteiger partial charge < -0.3 is 4.55 Å². The van der Waals surface area contributed by atoms with Gasteiger partial charge in [-0.05, 0) is 51.5 Å². The van der Waals surface area contributed by atoms with Crippen LogP contribution in [0.4, 0.5) is 0 Å². The summed E-state index contributed by atoms with van der Waals surface area (Å²) in [6, 6.07) is 9.63. The van der Waals surface area contributed by atoms with Gasteiger partial charge in [-0.15, -0.1) is 0 Å². The summed E-state index contributed by atoms with van der Waals surface area (Å²) in [4.78, 5) is 9.03. The van der Waals surface area contributed by atoms with Gasteiger partial charge in [0.15, 0.2) is 0 Å². The van der Waals surface area contributed by atoms with E-state index >= 15 is 0 Å². The predicted octanol–water partition coefficient (Wildman–Crippen LogP) is 5.14. The van der Waals surface area contributed by atoms with E-state index in [9.17, 15) is 4.55 Å². The number of aryl methyl sites for hydroxylation is 1. The molecule has 3 aromatic rings. The van der Waals surface area contributed by atoms with Gasteiger partial charge in [0.25, 0.3) is 0 Å². The number of halogens is 1. The van der Waals surface area contributed by atoms with Crippen LogP contribution in [0.15, 0.2) is 47.1 Å². The first kappa shape index (κ1) is 18.8. The fourth-order valence-electron chi connectivity index (χ4n) is 2.46. The average Bonchev–Trinajstić information content (AvgIpc) is 2.58. The monoisotopic (exact) mass is 385 g/mol. The first-order valence-corrected chi connectivity index (χ1v) is 9.71. The summed E-state index contributed by atoms with van der Waals surface area (Å²) >= 11 is 4.98. The fourth-order valence-corrected chi connectivity index (χ4v) is 3.21. The van der Waals surface area contributed by atoms with Crippen LogP contribution in [0, 0.1) is 6.92 Å². The number of pyridine rings is 2. The van der Waals surface area contributed by atoms with E-state index in [2.05, 4.69) is 9.38 Å². The largest absolute Gasteiger partial charge is 0.591 e. The molecular formula is C20H20ClN3OS. The normalized spacial score (nSPS) is 13.5. The van der Waals surface area contributed by atoms with Crippen LogP contribution in [-0.4, -0.2) is 25.5 Å². The molecule has 0 saturated heterocycles. The van der Waals surface area contributed by atoms with E-state index in [1.807, 2.05) is 58.0 Å². The maximum Gasteiger partial charge on any atom is 0.144 e. The molecule has 2 heterocycles. The van der Waals surface area contributed by atoms with Crippen LogP contribution in [0.1, 0.15) is 31.9 Å². The molecule has 6 heteroatoms. The maximum atomic E-state index is 12.3. The molecule has 1 atom stereocenters. The Labute approximate surface area is 161 Å². The zero-order valence-corrected chi connectivity index (χ0v) is 16.7. The quantitative estimate of drug-likeness (QED) is 0.463. The Balaban J connectivity index is 2.19. The molecule has 0 radical (unpaired) electrons. The summed E-state index contributed by atoms with van der Waals surface area (Å²) in [7, 11) is 0. The van der Waals surface area contributed by atoms with Crippen LogP contribution >= 0.6 is 11.6 Å². The molecule has 1 aromatic carbocycles. The highest BCUT2D eigenvalue weighted by molar-refractivity contribution is 7.91. The molecule has 0 fully saturated rings. The second-order valence-electron chi connectivity index (χ2n) is 7.08. The molecular weight excluding hydrogens is 366 g/mol. The fraction of sp³-hybridized carbons (Fsp3) is 0.250. The Hall–Kier alpha value is -1.95. The molecule has 0 bridgehead atoms. The Kier molecular flexibility index (Phi) is 5.32. The minimum atomic E-state index is -1.35. The van der Waals surface area contributed by atoms with Gasteiger partial charge in [0, 0.05) is 28.9 Å². The number of para-hydroxylation sites is 1. The first-order valence-electron chi connectivity index (χ1n) is 8.23. The molecule has 0 aliphatic carbocycles. The molecule has 0 N–H and O–H groups in total. The third-order valence-corrected chi connectivity index (χ3v) is 5.44. The molecule has 0 spiro atoms. The molecule has 0 aliphatic rings. The highest BCUT2D eigenvalue weighted by Gasteiger charge is 2.26. The van der Waals surface area contributed by atoms with Crippen molar-refractivity contribution in [3.63, 3.8) is 0 Å². The molecule has 2 aromatic heterocycles. The molecule has 4 nitrogen and oxygen atoms in total. The van der Waals surface area contributed by atoms with Crippen LogP contribution in [0.25, 0.3) is 22.2 Å². The Morgan fingerprint density at radius 3 is 2.65 bits per heavy atom. The summed E-state index contributed by atoms with van der Waals surface area (Å²) in [5, 5.41) is 1.50. The number of fused-ring (bicyclic) bond motifs is 1. The van der Waals surface area contributed by atoms with E-state index in [1.54, 1.807) is 18.6 Å². The number of benzene rings is 1. The summed E-state index contributed by atoms with van der Waals surface area (Å²) in [5.74, 6) is 0. The van der Waals surface area contributed by atoms with Gasteiger partial charge in [0.2, 0.25) is 0 Å². The Morgan fingerprint density at radius 2 is 1.96 bits per heavy atom. The third-order valence-electron chi connectivity index (χ3n) is 3.79.